The van der Waals surface area contributed by atoms with E-state index in [2.05, 4.69) is 15.2 Å². The maximum atomic E-state index is 11.8. The van der Waals surface area contributed by atoms with Gasteiger partial charge in [0.15, 0.2) is 0 Å². The van der Waals surface area contributed by atoms with Crippen molar-refractivity contribution in [2.45, 2.75) is 85.1 Å². The summed E-state index contributed by atoms with van der Waals surface area (Å²) in [4.78, 5) is 39.8. The lowest BCUT2D eigenvalue weighted by molar-refractivity contribution is -0.131. The molecule has 4 rings (SSSR count). The molecule has 1 aliphatic heterocycles. The minimum absolute atomic E-state index is 0.00468. The van der Waals surface area contributed by atoms with E-state index >= 15 is 0 Å². The molecule has 1 atom stereocenters. The molecule has 8 heteroatoms. The first kappa shape index (κ1) is 32.4. The Labute approximate surface area is 227 Å². The van der Waals surface area contributed by atoms with E-state index in [-0.39, 0.29) is 17.7 Å². The molecule has 0 bridgehead atoms. The first-order valence-corrected chi connectivity index (χ1v) is 14.5. The first-order valence-electron chi connectivity index (χ1n) is 13.6. The van der Waals surface area contributed by atoms with Crippen molar-refractivity contribution in [3.8, 4) is 0 Å². The van der Waals surface area contributed by atoms with E-state index in [4.69, 9.17) is 5.73 Å². The Morgan fingerprint density at radius 1 is 1.11 bits per heavy atom. The minimum Gasteiger partial charge on any atom is -0.368 e. The van der Waals surface area contributed by atoms with E-state index in [1.165, 1.54) is 56.3 Å². The van der Waals surface area contributed by atoms with Gasteiger partial charge in [0.2, 0.25) is 17.6 Å². The van der Waals surface area contributed by atoms with E-state index in [0.717, 1.165) is 25.1 Å². The molecule has 1 aromatic carbocycles. The summed E-state index contributed by atoms with van der Waals surface area (Å²) >= 11 is 1.43. The Bertz CT molecular complexity index is 921. The van der Waals surface area contributed by atoms with Crippen LogP contribution in [0.4, 0.5) is 0 Å². The van der Waals surface area contributed by atoms with Crippen LogP contribution in [0, 0.1) is 12.8 Å². The fraction of sp³-hybridized carbons (Fsp3) is 0.586. The predicted molar refractivity (Wildman–Crippen MR) is 153 cm³/mol. The summed E-state index contributed by atoms with van der Waals surface area (Å²) in [6, 6.07) is 7.34. The number of nitrogens with one attached hydrogen (secondary N) is 1. The molecule has 206 valence electrons. The van der Waals surface area contributed by atoms with Gasteiger partial charge in [-0.2, -0.15) is 0 Å². The number of likely N-dealkylation sites (N-methyl/N-ethyl adjacent to an activating group) is 1. The number of hydrogen-bond donors (Lipinski definition) is 2. The van der Waals surface area contributed by atoms with Crippen LogP contribution in [0.3, 0.4) is 0 Å². The lowest BCUT2D eigenvalue weighted by atomic mass is 9.87. The molecule has 1 aliphatic carbocycles. The maximum absolute atomic E-state index is 11.8. The van der Waals surface area contributed by atoms with Crippen LogP contribution in [0.5, 0.6) is 0 Å². The van der Waals surface area contributed by atoms with Crippen molar-refractivity contribution in [1.29, 1.82) is 0 Å². The van der Waals surface area contributed by atoms with Crippen molar-refractivity contribution < 1.29 is 14.4 Å². The zero-order valence-electron chi connectivity index (χ0n) is 23.3. The Hall–Kier alpha value is -2.58. The topological polar surface area (TPSA) is 105 Å². The number of nitrogens with zero attached hydrogens (tertiary/aromatic N) is 2. The van der Waals surface area contributed by atoms with Gasteiger partial charge in [0.1, 0.15) is 5.69 Å². The molecule has 2 amide bonds. The summed E-state index contributed by atoms with van der Waals surface area (Å²) in [5, 5.41) is 4.46. The molecule has 2 fully saturated rings. The number of amides is 2. The van der Waals surface area contributed by atoms with Crippen molar-refractivity contribution >= 4 is 28.9 Å². The third kappa shape index (κ3) is 12.5. The summed E-state index contributed by atoms with van der Waals surface area (Å²) in [5.41, 5.74) is 8.84. The number of aromatic nitrogens is 1. The fourth-order valence-electron chi connectivity index (χ4n) is 4.13. The third-order valence-corrected chi connectivity index (χ3v) is 7.04. The number of aryl methyl sites for hydroxylation is 1. The van der Waals surface area contributed by atoms with Crippen molar-refractivity contribution in [3.63, 3.8) is 0 Å². The van der Waals surface area contributed by atoms with Crippen LogP contribution < -0.4 is 11.1 Å². The summed E-state index contributed by atoms with van der Waals surface area (Å²) in [6.45, 7) is 9.72. The Morgan fingerprint density at radius 3 is 2.24 bits per heavy atom. The molecular weight excluding hydrogens is 484 g/mol. The quantitative estimate of drug-likeness (QED) is 0.489. The second kappa shape index (κ2) is 18.6. The van der Waals surface area contributed by atoms with Gasteiger partial charge in [0.05, 0.1) is 11.6 Å². The molecule has 1 aromatic heterocycles. The summed E-state index contributed by atoms with van der Waals surface area (Å²) in [6.07, 6.45) is 9.93. The molecule has 2 heterocycles. The van der Waals surface area contributed by atoms with Crippen LogP contribution in [0.1, 0.15) is 93.8 Å². The van der Waals surface area contributed by atoms with Crippen LogP contribution in [0.2, 0.25) is 0 Å². The second-order valence-corrected chi connectivity index (χ2v) is 10.00. The summed E-state index contributed by atoms with van der Waals surface area (Å²) < 4.78 is 0. The maximum Gasteiger partial charge on any atom is 0.234 e. The van der Waals surface area contributed by atoms with Crippen LogP contribution in [-0.4, -0.2) is 53.7 Å². The van der Waals surface area contributed by atoms with Gasteiger partial charge in [-0.1, -0.05) is 56.9 Å². The molecule has 1 unspecified atom stereocenters. The number of likely N-dealkylation sites (tertiary alicyclic amines) is 1. The number of nitrogens with two attached hydrogens (primary N) is 1. The smallest absolute Gasteiger partial charge is 0.234 e. The van der Waals surface area contributed by atoms with Gasteiger partial charge in [-0.05, 0) is 58.6 Å². The second-order valence-electron chi connectivity index (χ2n) is 9.28. The number of rotatable bonds is 6. The van der Waals surface area contributed by atoms with Gasteiger partial charge in [0.25, 0.3) is 0 Å². The monoisotopic (exact) mass is 530 g/mol. The molecule has 1 saturated carbocycles. The average molecular weight is 531 g/mol. The standard InChI is InChI=1S/C12H21NO.C11H9NOS.C4H10N2O.C2H6/c14-12(13-8-4-5-9-13)10-11-6-2-1-3-7-11;1-8-3-2-4-9(5-8)11(13)10-6-14-7-12-10;1-3(6-2)4(5)7;1-2/h11H,1-10H2;2-7H,1H3;3,6H,1-2H3,(H2,5,7);1-2H3. The Morgan fingerprint density at radius 2 is 1.76 bits per heavy atom. The number of carbonyl (C=O) groups is 3. The molecule has 3 N–H and O–H groups in total. The van der Waals surface area contributed by atoms with Crippen LogP contribution in [0.25, 0.3) is 0 Å². The lowest BCUT2D eigenvalue weighted by Gasteiger charge is -2.23. The molecule has 2 aliphatic rings. The molecule has 0 radical (unpaired) electrons. The van der Waals surface area contributed by atoms with Gasteiger partial charge in [0, 0.05) is 30.5 Å². The average Bonchev–Trinajstić information content (AvgIpc) is 3.65. The number of ketones is 1. The molecule has 0 spiro atoms. The molecule has 1 saturated heterocycles. The SMILES string of the molecule is CC.CNC(C)C(N)=O.Cc1cccc(C(=O)c2cscn2)c1.O=C(CC1CCCCC1)N1CCCC1. The fourth-order valence-corrected chi connectivity index (χ4v) is 4.67. The molecule has 2 aromatic rings. The number of thiazole rings is 1. The Kier molecular flexibility index (Phi) is 16.3. The first-order chi connectivity index (χ1) is 17.8. The number of carbonyl (C=O) groups excluding carboxylic acids is 3. The third-order valence-electron chi connectivity index (χ3n) is 6.45. The summed E-state index contributed by atoms with van der Waals surface area (Å²) in [7, 11) is 1.69. The van der Waals surface area contributed by atoms with Gasteiger partial charge < -0.3 is 16.0 Å². The largest absolute Gasteiger partial charge is 0.368 e. The van der Waals surface area contributed by atoms with E-state index < -0.39 is 0 Å². The highest BCUT2D eigenvalue weighted by Gasteiger charge is 2.22. The highest BCUT2D eigenvalue weighted by molar-refractivity contribution is 7.07. The van der Waals surface area contributed by atoms with Crippen molar-refractivity contribution in [2.75, 3.05) is 20.1 Å². The van der Waals surface area contributed by atoms with Crippen molar-refractivity contribution in [2.24, 2.45) is 11.7 Å². The highest BCUT2D eigenvalue weighted by atomic mass is 32.1. The number of primary amides is 1. The summed E-state index contributed by atoms with van der Waals surface area (Å²) in [5.74, 6) is 0.809. The van der Waals surface area contributed by atoms with Gasteiger partial charge in [-0.15, -0.1) is 11.3 Å². The highest BCUT2D eigenvalue weighted by Crippen LogP contribution is 2.27. The number of benzene rings is 1. The lowest BCUT2D eigenvalue weighted by Crippen LogP contribution is -2.36. The normalized spacial score (nSPS) is 15.6. The van der Waals surface area contributed by atoms with Crippen LogP contribution in [0.15, 0.2) is 35.2 Å². The van der Waals surface area contributed by atoms with E-state index in [9.17, 15) is 14.4 Å². The minimum atomic E-state index is -0.317. The van der Waals surface area contributed by atoms with Crippen LogP contribution in [-0.2, 0) is 9.59 Å². The predicted octanol–water partition coefficient (Wildman–Crippen LogP) is 5.37. The number of hydrogen-bond acceptors (Lipinski definition) is 6. The molecule has 7 nitrogen and oxygen atoms in total. The zero-order chi connectivity index (χ0) is 27.6. The Balaban J connectivity index is 0.000000284. The van der Waals surface area contributed by atoms with Crippen molar-refractivity contribution in [1.82, 2.24) is 15.2 Å². The van der Waals surface area contributed by atoms with Gasteiger partial charge >= 0.3 is 0 Å². The zero-order valence-corrected chi connectivity index (χ0v) is 24.1. The van der Waals surface area contributed by atoms with Crippen LogP contribution >= 0.6 is 11.3 Å². The van der Waals surface area contributed by atoms with Gasteiger partial charge in [-0.25, -0.2) is 4.98 Å². The molecular formula is C29H46N4O3S. The van der Waals surface area contributed by atoms with Crippen molar-refractivity contribution in [3.05, 3.63) is 52.0 Å². The van der Waals surface area contributed by atoms with E-state index in [0.29, 0.717) is 23.1 Å². The van der Waals surface area contributed by atoms with Gasteiger partial charge in [-0.3, -0.25) is 14.4 Å². The van der Waals surface area contributed by atoms with E-state index in [1.807, 2.05) is 45.0 Å². The van der Waals surface area contributed by atoms with E-state index in [1.54, 1.807) is 24.9 Å². The molecule has 37 heavy (non-hydrogen) atoms.